The average molecular weight is 324 g/mol. The number of aliphatic carboxylic acids is 2. The Kier molecular flexibility index (Phi) is 12.2. The molecule has 0 unspecified atom stereocenters. The zero-order valence-electron chi connectivity index (χ0n) is 7.85. The molecule has 0 fully saturated rings. The predicted octanol–water partition coefficient (Wildman–Crippen LogP) is -0.521. The molecule has 0 aliphatic rings. The van der Waals surface area contributed by atoms with E-state index in [0.29, 0.717) is 0 Å². The molecule has 0 saturated heterocycles. The van der Waals surface area contributed by atoms with Crippen LogP contribution >= 0.6 is 46.4 Å². The van der Waals surface area contributed by atoms with Crippen LogP contribution in [0.15, 0.2) is 0 Å². The predicted molar refractivity (Wildman–Crippen MR) is 56.0 cm³/mol. The van der Waals surface area contributed by atoms with Crippen LogP contribution in [0.1, 0.15) is 13.8 Å². The maximum absolute atomic E-state index is 9.65. The molecule has 0 N–H and O–H groups in total. The first kappa shape index (κ1) is 21.6. The minimum Gasteiger partial charge on any atom is -0.547 e. The number of rotatable bonds is 2. The van der Waals surface area contributed by atoms with E-state index in [4.69, 9.17) is 46.4 Å². The molecule has 0 aromatic carbocycles. The van der Waals surface area contributed by atoms with Crippen LogP contribution in [0, 0.1) is 0 Å². The molecule has 84 valence electrons. The van der Waals surface area contributed by atoms with Crippen LogP contribution in [-0.2, 0) is 9.59 Å². The molecular weight excluding hydrogens is 318 g/mol. The maximum Gasteiger partial charge on any atom is 2.00 e. The molecule has 0 rings (SSSR count). The van der Waals surface area contributed by atoms with Gasteiger partial charge in [0.1, 0.15) is 0 Å². The van der Waals surface area contributed by atoms with E-state index >= 15 is 0 Å². The third-order valence-electron chi connectivity index (χ3n) is 0.717. The van der Waals surface area contributed by atoms with E-state index in [0.717, 1.165) is 13.8 Å². The van der Waals surface area contributed by atoms with E-state index in [9.17, 15) is 19.8 Å². The second-order valence-electron chi connectivity index (χ2n) is 2.35. The molecule has 9 heteroatoms. The molecule has 4 nitrogen and oxygen atoms in total. The van der Waals surface area contributed by atoms with Gasteiger partial charge in [0, 0.05) is 0 Å². The van der Waals surface area contributed by atoms with Gasteiger partial charge in [0.15, 0.2) is 8.67 Å². The van der Waals surface area contributed by atoms with E-state index in [2.05, 4.69) is 0 Å². The summed E-state index contributed by atoms with van der Waals surface area (Å²) in [6.07, 6.45) is 0. The molecule has 0 aliphatic carbocycles. The van der Waals surface area contributed by atoms with Crippen molar-refractivity contribution in [3.8, 4) is 0 Å². The first-order valence-corrected chi connectivity index (χ1v) is 4.58. The van der Waals surface area contributed by atoms with Crippen molar-refractivity contribution >= 4 is 96.1 Å². The number of halogens is 4. The summed E-state index contributed by atoms with van der Waals surface area (Å²) in [6.45, 7) is 2.26. The van der Waals surface area contributed by atoms with Crippen molar-refractivity contribution in [3.05, 3.63) is 0 Å². The number of carbonyl (C=O) groups is 2. The summed E-state index contributed by atoms with van der Waals surface area (Å²) in [5, 5.41) is 19.3. The van der Waals surface area contributed by atoms with Crippen molar-refractivity contribution in [3.63, 3.8) is 0 Å². The third kappa shape index (κ3) is 15.4. The molecule has 0 aromatic rings. The molecule has 0 heterocycles. The first-order chi connectivity index (χ1) is 5.89. The summed E-state index contributed by atoms with van der Waals surface area (Å²) in [5.41, 5.74) is 0. The van der Waals surface area contributed by atoms with Gasteiger partial charge < -0.3 is 19.8 Å². The first-order valence-electron chi connectivity index (χ1n) is 3.07. The quantitative estimate of drug-likeness (QED) is 0.506. The summed E-state index contributed by atoms with van der Waals surface area (Å²) < 4.78 is -3.50. The fourth-order valence-electron chi connectivity index (χ4n) is 0. The van der Waals surface area contributed by atoms with Crippen LogP contribution in [0.4, 0.5) is 0 Å². The summed E-state index contributed by atoms with van der Waals surface area (Å²) in [4.78, 5) is 19.3. The normalized spacial score (nSPS) is 10.5. The van der Waals surface area contributed by atoms with Crippen molar-refractivity contribution in [1.29, 1.82) is 0 Å². The number of carboxylic acids is 2. The molecule has 0 bridgehead atoms. The number of carbonyl (C=O) groups excluding carboxylic acids is 2. The van der Waals surface area contributed by atoms with Gasteiger partial charge in [-0.05, 0) is 13.8 Å². The van der Waals surface area contributed by atoms with Crippen LogP contribution in [0.2, 0.25) is 0 Å². The fourth-order valence-corrected chi connectivity index (χ4v) is 0. The van der Waals surface area contributed by atoms with Crippen molar-refractivity contribution in [2.45, 2.75) is 22.5 Å². The van der Waals surface area contributed by atoms with E-state index in [1.807, 2.05) is 0 Å². The molecule has 0 radical (unpaired) electrons. The van der Waals surface area contributed by atoms with E-state index in [-0.39, 0.29) is 37.7 Å². The zero-order chi connectivity index (χ0) is 12.2. The molecule has 0 aliphatic heterocycles. The largest absolute Gasteiger partial charge is 2.00 e. The number of hydrogen-bond donors (Lipinski definition) is 0. The standard InChI is InChI=1S/2C3H4Cl2O2.Ca/c2*1-3(4,5)2(6)7;/h2*1H3,(H,6,7);/q;;+2/p-2. The maximum atomic E-state index is 9.65. The molecule has 15 heavy (non-hydrogen) atoms. The summed E-state index contributed by atoms with van der Waals surface area (Å²) in [6, 6.07) is 0. The number of hydrogen-bond acceptors (Lipinski definition) is 4. The molecule has 0 atom stereocenters. The van der Waals surface area contributed by atoms with Crippen molar-refractivity contribution in [1.82, 2.24) is 0 Å². The minimum atomic E-state index is -1.75. The van der Waals surface area contributed by atoms with Gasteiger partial charge in [-0.25, -0.2) is 0 Å². The fraction of sp³-hybridized carbons (Fsp3) is 0.667. The minimum absolute atomic E-state index is 0. The number of carboxylic acid groups (broad SMARTS) is 2. The molecule has 0 aromatic heterocycles. The van der Waals surface area contributed by atoms with Gasteiger partial charge in [0.2, 0.25) is 0 Å². The Morgan fingerprint density at radius 1 is 0.867 bits per heavy atom. The zero-order valence-corrected chi connectivity index (χ0v) is 13.1. The summed E-state index contributed by atoms with van der Waals surface area (Å²) in [5.74, 6) is -2.95. The molecular formula is C6H6CaCl4O4. The van der Waals surface area contributed by atoms with Crippen LogP contribution in [0.3, 0.4) is 0 Å². The average Bonchev–Trinajstić information content (AvgIpc) is 1.83. The van der Waals surface area contributed by atoms with Crippen LogP contribution in [0.25, 0.3) is 0 Å². The van der Waals surface area contributed by atoms with E-state index in [1.165, 1.54) is 0 Å². The van der Waals surface area contributed by atoms with Crippen LogP contribution in [0.5, 0.6) is 0 Å². The van der Waals surface area contributed by atoms with Gasteiger partial charge in [0.25, 0.3) is 0 Å². The van der Waals surface area contributed by atoms with E-state index in [1.54, 1.807) is 0 Å². The Balaban J connectivity index is -0.000000180. The summed E-state index contributed by atoms with van der Waals surface area (Å²) >= 11 is 19.9. The smallest absolute Gasteiger partial charge is 0.547 e. The number of alkyl halides is 4. The SMILES string of the molecule is CC(Cl)(Cl)C(=O)[O-].CC(Cl)(Cl)C(=O)[O-].[Ca+2]. The van der Waals surface area contributed by atoms with Crippen molar-refractivity contribution in [2.75, 3.05) is 0 Å². The second-order valence-corrected chi connectivity index (χ2v) is 5.76. The topological polar surface area (TPSA) is 80.3 Å². The van der Waals surface area contributed by atoms with Crippen LogP contribution < -0.4 is 10.2 Å². The Labute approximate surface area is 137 Å². The van der Waals surface area contributed by atoms with E-state index < -0.39 is 20.6 Å². The van der Waals surface area contributed by atoms with Gasteiger partial charge in [-0.2, -0.15) is 0 Å². The van der Waals surface area contributed by atoms with Gasteiger partial charge in [0.05, 0.1) is 11.9 Å². The Bertz CT molecular complexity index is 196. The van der Waals surface area contributed by atoms with Crippen molar-refractivity contribution < 1.29 is 19.8 Å². The second kappa shape index (κ2) is 8.45. The van der Waals surface area contributed by atoms with Gasteiger partial charge >= 0.3 is 37.7 Å². The van der Waals surface area contributed by atoms with Crippen LogP contribution in [-0.4, -0.2) is 58.3 Å². The Hall–Kier alpha value is 1.36. The van der Waals surface area contributed by atoms with Crippen molar-refractivity contribution in [2.24, 2.45) is 0 Å². The molecule has 0 spiro atoms. The van der Waals surface area contributed by atoms with Gasteiger partial charge in [-0.3, -0.25) is 0 Å². The summed E-state index contributed by atoms with van der Waals surface area (Å²) in [7, 11) is 0. The monoisotopic (exact) mass is 322 g/mol. The Morgan fingerprint density at radius 2 is 0.933 bits per heavy atom. The van der Waals surface area contributed by atoms with Gasteiger partial charge in [-0.1, -0.05) is 46.4 Å². The Morgan fingerprint density at radius 3 is 0.933 bits per heavy atom. The molecule has 0 amide bonds. The molecule has 0 saturated carbocycles. The third-order valence-corrected chi connectivity index (χ3v) is 1.33. The van der Waals surface area contributed by atoms with Gasteiger partial charge in [-0.15, -0.1) is 0 Å².